The van der Waals surface area contributed by atoms with Crippen LogP contribution in [-0.2, 0) is 23.8 Å². The number of aliphatic hydroxyl groups is 5. The van der Waals surface area contributed by atoms with Crippen molar-refractivity contribution in [2.45, 2.75) is 320 Å². The average Bonchev–Trinajstić information content (AvgIpc) is 3.36. The molecule has 0 aliphatic carbocycles. The highest BCUT2D eigenvalue weighted by atomic mass is 16.7. The molecule has 0 spiro atoms. The van der Waals surface area contributed by atoms with Crippen molar-refractivity contribution in [1.82, 2.24) is 5.32 Å². The van der Waals surface area contributed by atoms with Crippen LogP contribution in [0, 0.1) is 0 Å². The molecule has 6 N–H and O–H groups in total. The zero-order valence-corrected chi connectivity index (χ0v) is 45.2. The minimum Gasteiger partial charge on any atom is -0.466 e. The molecule has 0 aromatic carbocycles. The molecule has 1 rings (SSSR count). The Hall–Kier alpha value is -1.86. The number of amides is 1. The first-order valence-corrected chi connectivity index (χ1v) is 29.6. The lowest BCUT2D eigenvalue weighted by Crippen LogP contribution is -2.60. The highest BCUT2D eigenvalue weighted by Crippen LogP contribution is 2.23. The molecular weight excluding hydrogens is 883 g/mol. The van der Waals surface area contributed by atoms with E-state index in [2.05, 4.69) is 31.3 Å². The molecule has 1 aliphatic heterocycles. The lowest BCUT2D eigenvalue weighted by Gasteiger charge is -2.40. The second kappa shape index (κ2) is 49.4. The lowest BCUT2D eigenvalue weighted by atomic mass is 9.99. The fourth-order valence-electron chi connectivity index (χ4n) is 9.33. The quantitative estimate of drug-likeness (QED) is 0.0195. The molecule has 0 aromatic heterocycles. The number of esters is 1. The molecule has 1 saturated heterocycles. The normalized spacial score (nSPS) is 19.3. The molecule has 70 heavy (non-hydrogen) atoms. The van der Waals surface area contributed by atoms with Crippen LogP contribution in [0.25, 0.3) is 0 Å². The zero-order chi connectivity index (χ0) is 51.0. The maximum atomic E-state index is 13.0. The van der Waals surface area contributed by atoms with Crippen LogP contribution in [0.2, 0.25) is 0 Å². The summed E-state index contributed by atoms with van der Waals surface area (Å²) in [4.78, 5) is 25.1. The maximum Gasteiger partial charge on any atom is 0.305 e. The van der Waals surface area contributed by atoms with E-state index in [4.69, 9.17) is 14.2 Å². The molecule has 1 amide bonds. The summed E-state index contributed by atoms with van der Waals surface area (Å²) in [7, 11) is 0. The maximum absolute atomic E-state index is 13.0. The number of hydrogen-bond donors (Lipinski definition) is 6. The molecule has 0 bridgehead atoms. The summed E-state index contributed by atoms with van der Waals surface area (Å²) >= 11 is 0. The predicted molar refractivity (Wildman–Crippen MR) is 288 cm³/mol. The first-order chi connectivity index (χ1) is 34.2. The van der Waals surface area contributed by atoms with Gasteiger partial charge in [-0.2, -0.15) is 0 Å². The molecule has 7 unspecified atom stereocenters. The van der Waals surface area contributed by atoms with Gasteiger partial charge in [0.1, 0.15) is 24.4 Å². The summed E-state index contributed by atoms with van der Waals surface area (Å²) in [5.74, 6) is -0.213. The van der Waals surface area contributed by atoms with E-state index < -0.39 is 49.5 Å². The number of nitrogens with one attached hydrogen (secondary N) is 1. The second-order valence-corrected chi connectivity index (χ2v) is 20.7. The van der Waals surface area contributed by atoms with Gasteiger partial charge in [-0.15, -0.1) is 0 Å². The van der Waals surface area contributed by atoms with Crippen LogP contribution in [0.4, 0.5) is 0 Å². The van der Waals surface area contributed by atoms with Crippen LogP contribution in [0.1, 0.15) is 277 Å². The number of ether oxygens (including phenoxy) is 3. The number of allylic oxidation sites excluding steroid dienone is 3. The Bertz CT molecular complexity index is 1220. The molecule has 1 heterocycles. The van der Waals surface area contributed by atoms with Gasteiger partial charge in [-0.1, -0.05) is 244 Å². The SMILES string of the molecule is CCCCCCCCCCC/C=C/CC/C=C/C(O)C(COC1OC(CO)C(O)C(O)C1O)NC(=O)CCCCCCCCCCCCCCCCCCOC(=O)CCCCCCCCCCCCC. The van der Waals surface area contributed by atoms with Crippen molar-refractivity contribution in [1.29, 1.82) is 0 Å². The van der Waals surface area contributed by atoms with Crippen molar-refractivity contribution >= 4 is 11.9 Å². The van der Waals surface area contributed by atoms with Crippen molar-refractivity contribution in [3.05, 3.63) is 24.3 Å². The number of aliphatic hydroxyl groups excluding tert-OH is 5. The summed E-state index contributed by atoms with van der Waals surface area (Å²) in [6.45, 7) is 4.31. The fourth-order valence-corrected chi connectivity index (χ4v) is 9.33. The van der Waals surface area contributed by atoms with Gasteiger partial charge in [0.05, 0.1) is 32.0 Å². The second-order valence-electron chi connectivity index (χ2n) is 20.7. The van der Waals surface area contributed by atoms with Crippen LogP contribution in [0.15, 0.2) is 24.3 Å². The number of carbonyl (C=O) groups is 2. The van der Waals surface area contributed by atoms with E-state index in [1.54, 1.807) is 6.08 Å². The summed E-state index contributed by atoms with van der Waals surface area (Å²) in [5.41, 5.74) is 0. The fraction of sp³-hybridized carbons (Fsp3) is 0.898. The van der Waals surface area contributed by atoms with Gasteiger partial charge in [0.25, 0.3) is 0 Å². The number of rotatable bonds is 51. The number of hydrogen-bond acceptors (Lipinski definition) is 10. The van der Waals surface area contributed by atoms with E-state index in [-0.39, 0.29) is 18.5 Å². The van der Waals surface area contributed by atoms with Crippen LogP contribution < -0.4 is 5.32 Å². The Balaban J connectivity index is 2.15. The number of carbonyl (C=O) groups excluding carboxylic acids is 2. The lowest BCUT2D eigenvalue weighted by molar-refractivity contribution is -0.302. The van der Waals surface area contributed by atoms with Crippen LogP contribution in [0.3, 0.4) is 0 Å². The van der Waals surface area contributed by atoms with Crippen molar-refractivity contribution in [3.8, 4) is 0 Å². The van der Waals surface area contributed by atoms with Crippen molar-refractivity contribution in [3.63, 3.8) is 0 Å². The Morgan fingerprint density at radius 1 is 0.514 bits per heavy atom. The highest BCUT2D eigenvalue weighted by molar-refractivity contribution is 5.76. The molecule has 1 aliphatic rings. The molecule has 0 radical (unpaired) electrons. The van der Waals surface area contributed by atoms with Crippen molar-refractivity contribution in [2.24, 2.45) is 0 Å². The predicted octanol–water partition coefficient (Wildman–Crippen LogP) is 13.3. The van der Waals surface area contributed by atoms with E-state index in [9.17, 15) is 35.1 Å². The van der Waals surface area contributed by atoms with Gasteiger partial charge in [-0.05, 0) is 44.9 Å². The van der Waals surface area contributed by atoms with Gasteiger partial charge in [-0.3, -0.25) is 9.59 Å². The Morgan fingerprint density at radius 2 is 0.929 bits per heavy atom. The van der Waals surface area contributed by atoms with E-state index >= 15 is 0 Å². The molecule has 1 fully saturated rings. The van der Waals surface area contributed by atoms with Gasteiger partial charge in [0.2, 0.25) is 5.91 Å². The zero-order valence-electron chi connectivity index (χ0n) is 45.2. The molecule has 0 aromatic rings. The van der Waals surface area contributed by atoms with E-state index in [1.165, 1.54) is 180 Å². The monoisotopic (exact) mass is 994 g/mol. The van der Waals surface area contributed by atoms with Crippen molar-refractivity contribution in [2.75, 3.05) is 19.8 Å². The van der Waals surface area contributed by atoms with Gasteiger partial charge in [-0.25, -0.2) is 0 Å². The third-order valence-electron chi connectivity index (χ3n) is 14.1. The summed E-state index contributed by atoms with van der Waals surface area (Å²) in [6, 6.07) is -0.832. The standard InChI is InChI=1S/C59H111NO10/c1-3-5-7-9-11-13-15-16-19-22-26-29-33-37-41-45-52(62)51(50-69-59-58(67)57(66)56(65)53(49-61)70-59)60-54(63)46-42-38-34-30-27-23-20-17-18-21-24-28-32-36-40-44-48-68-55(64)47-43-39-35-31-25-14-12-10-8-6-4-2/h26,29,41,45,51-53,56-59,61-62,65-67H,3-25,27-28,30-40,42-44,46-50H2,1-2H3,(H,60,63)/b29-26+,45-41+. The van der Waals surface area contributed by atoms with Crippen molar-refractivity contribution < 1.29 is 49.3 Å². The van der Waals surface area contributed by atoms with Gasteiger partial charge >= 0.3 is 5.97 Å². The molecule has 11 heteroatoms. The highest BCUT2D eigenvalue weighted by Gasteiger charge is 2.44. The molecule has 0 saturated carbocycles. The smallest absolute Gasteiger partial charge is 0.305 e. The third kappa shape index (κ3) is 38.7. The molecule has 11 nitrogen and oxygen atoms in total. The first kappa shape index (κ1) is 66.2. The number of unbranched alkanes of at least 4 members (excludes halogenated alkanes) is 35. The van der Waals surface area contributed by atoms with Crippen LogP contribution >= 0.6 is 0 Å². The summed E-state index contributed by atoms with van der Waals surface area (Å²) < 4.78 is 16.7. The van der Waals surface area contributed by atoms with E-state index in [0.29, 0.717) is 19.4 Å². The van der Waals surface area contributed by atoms with Crippen LogP contribution in [0.5, 0.6) is 0 Å². The summed E-state index contributed by atoms with van der Waals surface area (Å²) in [5, 5.41) is 54.4. The van der Waals surface area contributed by atoms with Gasteiger partial charge < -0.3 is 45.1 Å². The Morgan fingerprint density at radius 3 is 1.41 bits per heavy atom. The molecular formula is C59H111NO10. The topological polar surface area (TPSA) is 175 Å². The summed E-state index contributed by atoms with van der Waals surface area (Å²) in [6.07, 6.45) is 48.2. The van der Waals surface area contributed by atoms with Crippen LogP contribution in [-0.4, -0.2) is 100 Å². The van der Waals surface area contributed by atoms with E-state index in [1.807, 2.05) is 6.08 Å². The van der Waals surface area contributed by atoms with E-state index in [0.717, 1.165) is 70.6 Å². The minimum absolute atomic E-state index is 0.0156. The Labute approximate surface area is 429 Å². The first-order valence-electron chi connectivity index (χ1n) is 29.6. The molecule has 412 valence electrons. The van der Waals surface area contributed by atoms with Gasteiger partial charge in [0.15, 0.2) is 6.29 Å². The van der Waals surface area contributed by atoms with Gasteiger partial charge in [0, 0.05) is 12.8 Å². The molecule has 7 atom stereocenters. The largest absolute Gasteiger partial charge is 0.466 e. The Kier molecular flexibility index (Phi) is 46.6. The average molecular weight is 995 g/mol. The third-order valence-corrected chi connectivity index (χ3v) is 14.1. The minimum atomic E-state index is -1.58.